The third-order valence-electron chi connectivity index (χ3n) is 4.42. The van der Waals surface area contributed by atoms with Crippen LogP contribution in [0.3, 0.4) is 0 Å². The minimum absolute atomic E-state index is 0.0608. The number of amides is 1. The maximum atomic E-state index is 11.9. The van der Waals surface area contributed by atoms with E-state index in [1.54, 1.807) is 21.3 Å². The maximum Gasteiger partial charge on any atom is 0.277 e. The van der Waals surface area contributed by atoms with Gasteiger partial charge in [-0.2, -0.15) is 0 Å². The highest BCUT2D eigenvalue weighted by Crippen LogP contribution is 2.31. The molecule has 1 aliphatic rings. The summed E-state index contributed by atoms with van der Waals surface area (Å²) < 4.78 is 10.8. The van der Waals surface area contributed by atoms with E-state index in [0.717, 1.165) is 36.4 Å². The number of benzene rings is 1. The van der Waals surface area contributed by atoms with Gasteiger partial charge in [-0.3, -0.25) is 4.79 Å². The fraction of sp³-hybridized carbons (Fsp3) is 0.562. The first-order chi connectivity index (χ1) is 10.1. The second-order valence-electron chi connectivity index (χ2n) is 5.46. The Morgan fingerprint density at radius 3 is 2.76 bits per heavy atom. The molecule has 5 heteroatoms. The molecule has 2 rings (SSSR count). The van der Waals surface area contributed by atoms with Gasteiger partial charge in [-0.1, -0.05) is 0 Å². The lowest BCUT2D eigenvalue weighted by Crippen LogP contribution is -3.15. The molecule has 1 fully saturated rings. The van der Waals surface area contributed by atoms with Gasteiger partial charge in [-0.05, 0) is 19.1 Å². The van der Waals surface area contributed by atoms with Crippen molar-refractivity contribution in [2.75, 3.05) is 27.8 Å². The fourth-order valence-electron chi connectivity index (χ4n) is 3.23. The lowest BCUT2D eigenvalue weighted by molar-refractivity contribution is -0.932. The third kappa shape index (κ3) is 3.13. The van der Waals surface area contributed by atoms with E-state index in [2.05, 4.69) is 11.4 Å². The highest BCUT2D eigenvalue weighted by Gasteiger charge is 2.38. The first-order valence-electron chi connectivity index (χ1n) is 7.41. The van der Waals surface area contributed by atoms with Crippen molar-refractivity contribution in [3.05, 3.63) is 23.8 Å². The van der Waals surface area contributed by atoms with Gasteiger partial charge < -0.3 is 19.7 Å². The van der Waals surface area contributed by atoms with Crippen LogP contribution in [0.25, 0.3) is 0 Å². The van der Waals surface area contributed by atoms with Crippen LogP contribution in [-0.4, -0.2) is 39.8 Å². The second kappa shape index (κ2) is 6.80. The van der Waals surface area contributed by atoms with Crippen LogP contribution >= 0.6 is 0 Å². The fourth-order valence-corrected chi connectivity index (χ4v) is 3.23. The van der Waals surface area contributed by atoms with Crippen LogP contribution in [0.4, 0.5) is 0 Å². The minimum Gasteiger partial charge on any atom is -0.497 e. The molecule has 0 saturated carbocycles. The minimum atomic E-state index is -0.0608. The number of quaternary nitrogens is 1. The molecule has 0 bridgehead atoms. The molecule has 1 unspecified atom stereocenters. The zero-order chi connectivity index (χ0) is 15.4. The Bertz CT molecular complexity index is 504. The lowest BCUT2D eigenvalue weighted by atomic mass is 10.0. The molecular weight excluding hydrogens is 268 g/mol. The van der Waals surface area contributed by atoms with E-state index in [9.17, 15) is 4.79 Å². The van der Waals surface area contributed by atoms with Crippen molar-refractivity contribution in [3.63, 3.8) is 0 Å². The van der Waals surface area contributed by atoms with Crippen LogP contribution in [0.5, 0.6) is 11.5 Å². The van der Waals surface area contributed by atoms with Crippen molar-refractivity contribution in [2.45, 2.75) is 31.8 Å². The standard InChI is InChI=1S/C16H24N2O3/c1-11(16(19)17-2)18-9-5-6-14(18)13-8-7-12(20-3)10-15(13)21-4/h7-8,10-11,14H,5-6,9H2,1-4H3,(H,17,19)/p+1/t11-,14-/m1/s1. The number of methoxy groups -OCH3 is 2. The van der Waals surface area contributed by atoms with Crippen molar-refractivity contribution >= 4 is 5.91 Å². The molecular formula is C16H25N2O3+. The molecule has 0 spiro atoms. The van der Waals surface area contributed by atoms with Gasteiger partial charge in [0.25, 0.3) is 5.91 Å². The summed E-state index contributed by atoms with van der Waals surface area (Å²) in [7, 11) is 5.02. The predicted octanol–water partition coefficient (Wildman–Crippen LogP) is 0.558. The van der Waals surface area contributed by atoms with Crippen LogP contribution in [-0.2, 0) is 4.79 Å². The van der Waals surface area contributed by atoms with Crippen LogP contribution in [0.1, 0.15) is 31.4 Å². The van der Waals surface area contributed by atoms with Gasteiger partial charge in [0.2, 0.25) is 0 Å². The molecule has 1 aliphatic heterocycles. The maximum absolute atomic E-state index is 11.9. The summed E-state index contributed by atoms with van der Waals surface area (Å²) in [5.74, 6) is 1.71. The Morgan fingerprint density at radius 2 is 2.14 bits per heavy atom. The quantitative estimate of drug-likeness (QED) is 0.834. The molecule has 1 aromatic rings. The number of nitrogens with one attached hydrogen (secondary N) is 2. The third-order valence-corrected chi connectivity index (χ3v) is 4.42. The Morgan fingerprint density at radius 1 is 1.38 bits per heavy atom. The first-order valence-corrected chi connectivity index (χ1v) is 7.41. The van der Waals surface area contributed by atoms with Crippen molar-refractivity contribution in [2.24, 2.45) is 0 Å². The zero-order valence-corrected chi connectivity index (χ0v) is 13.2. The van der Waals surface area contributed by atoms with Crippen LogP contribution < -0.4 is 19.7 Å². The normalized spacial score (nSPS) is 22.7. The van der Waals surface area contributed by atoms with E-state index in [1.807, 2.05) is 19.1 Å². The number of carbonyl (C=O) groups is 1. The van der Waals surface area contributed by atoms with Gasteiger partial charge in [-0.25, -0.2) is 0 Å². The molecule has 5 nitrogen and oxygen atoms in total. The number of rotatable bonds is 5. The van der Waals surface area contributed by atoms with E-state index in [1.165, 1.54) is 4.90 Å². The monoisotopic (exact) mass is 293 g/mol. The number of likely N-dealkylation sites (N-methyl/N-ethyl adjacent to an activating group) is 1. The lowest BCUT2D eigenvalue weighted by Gasteiger charge is -2.27. The van der Waals surface area contributed by atoms with Crippen molar-refractivity contribution < 1.29 is 19.2 Å². The van der Waals surface area contributed by atoms with Gasteiger partial charge in [0, 0.05) is 26.0 Å². The van der Waals surface area contributed by atoms with Gasteiger partial charge in [0.05, 0.1) is 26.3 Å². The van der Waals surface area contributed by atoms with E-state index < -0.39 is 0 Å². The number of hydrogen-bond donors (Lipinski definition) is 2. The molecule has 1 amide bonds. The summed E-state index contributed by atoms with van der Waals surface area (Å²) in [6, 6.07) is 6.16. The van der Waals surface area contributed by atoms with E-state index >= 15 is 0 Å². The molecule has 1 saturated heterocycles. The number of likely N-dealkylation sites (tertiary alicyclic amines) is 1. The summed E-state index contributed by atoms with van der Waals surface area (Å²) >= 11 is 0. The average molecular weight is 293 g/mol. The average Bonchev–Trinajstić information content (AvgIpc) is 3.01. The summed E-state index contributed by atoms with van der Waals surface area (Å²) in [6.45, 7) is 3.00. The summed E-state index contributed by atoms with van der Waals surface area (Å²) in [5, 5.41) is 2.75. The van der Waals surface area contributed by atoms with Crippen molar-refractivity contribution in [3.8, 4) is 11.5 Å². The van der Waals surface area contributed by atoms with Gasteiger partial charge in [0.1, 0.15) is 17.5 Å². The highest BCUT2D eigenvalue weighted by molar-refractivity contribution is 5.79. The molecule has 0 radical (unpaired) electrons. The Kier molecular flexibility index (Phi) is 5.07. The SMILES string of the molecule is CNC(=O)[C@@H](C)[NH+]1CCC[C@@H]1c1ccc(OC)cc1OC. The molecule has 116 valence electrons. The van der Waals surface area contributed by atoms with Crippen LogP contribution in [0.15, 0.2) is 18.2 Å². The Labute approximate surface area is 126 Å². The molecule has 1 heterocycles. The van der Waals surface area contributed by atoms with E-state index in [4.69, 9.17) is 9.47 Å². The van der Waals surface area contributed by atoms with Crippen molar-refractivity contribution in [1.82, 2.24) is 5.32 Å². The van der Waals surface area contributed by atoms with Crippen molar-refractivity contribution in [1.29, 1.82) is 0 Å². The Balaban J connectivity index is 2.29. The van der Waals surface area contributed by atoms with E-state index in [-0.39, 0.29) is 18.0 Å². The number of ether oxygens (including phenoxy) is 2. The molecule has 0 aliphatic carbocycles. The summed E-state index contributed by atoms with van der Waals surface area (Å²) in [6.07, 6.45) is 2.19. The predicted molar refractivity (Wildman–Crippen MR) is 80.9 cm³/mol. The topological polar surface area (TPSA) is 52.0 Å². The van der Waals surface area contributed by atoms with Gasteiger partial charge in [0.15, 0.2) is 6.04 Å². The zero-order valence-electron chi connectivity index (χ0n) is 13.2. The largest absolute Gasteiger partial charge is 0.497 e. The number of hydrogen-bond acceptors (Lipinski definition) is 3. The second-order valence-corrected chi connectivity index (χ2v) is 5.46. The molecule has 1 aromatic carbocycles. The molecule has 2 N–H and O–H groups in total. The Hall–Kier alpha value is -1.75. The highest BCUT2D eigenvalue weighted by atomic mass is 16.5. The summed E-state index contributed by atoms with van der Waals surface area (Å²) in [5.41, 5.74) is 1.15. The molecule has 3 atom stereocenters. The van der Waals surface area contributed by atoms with E-state index in [0.29, 0.717) is 0 Å². The summed E-state index contributed by atoms with van der Waals surface area (Å²) in [4.78, 5) is 13.3. The van der Waals surface area contributed by atoms with Gasteiger partial charge >= 0.3 is 0 Å². The van der Waals surface area contributed by atoms with Gasteiger partial charge in [-0.15, -0.1) is 0 Å². The smallest absolute Gasteiger partial charge is 0.277 e. The van der Waals surface area contributed by atoms with Crippen LogP contribution in [0.2, 0.25) is 0 Å². The number of carbonyl (C=O) groups excluding carboxylic acids is 1. The molecule has 21 heavy (non-hydrogen) atoms. The first kappa shape index (κ1) is 15.6. The molecule has 0 aromatic heterocycles. The van der Waals surface area contributed by atoms with Crippen LogP contribution in [0, 0.1) is 0 Å².